The molecule has 3 aromatic rings. The van der Waals surface area contributed by atoms with Crippen LogP contribution < -0.4 is 4.74 Å². The van der Waals surface area contributed by atoms with Crippen molar-refractivity contribution in [1.82, 2.24) is 0 Å². The van der Waals surface area contributed by atoms with Crippen LogP contribution in [0, 0.1) is 0 Å². The van der Waals surface area contributed by atoms with Crippen molar-refractivity contribution in [3.63, 3.8) is 0 Å². The molecule has 0 radical (unpaired) electrons. The van der Waals surface area contributed by atoms with Crippen LogP contribution in [0.5, 0.6) is 11.5 Å². The van der Waals surface area contributed by atoms with E-state index in [2.05, 4.69) is 84.9 Å². The molecule has 3 aliphatic rings. The fourth-order valence-electron chi connectivity index (χ4n) is 5.05. The molecule has 2 aliphatic carbocycles. The van der Waals surface area contributed by atoms with Crippen molar-refractivity contribution in [2.24, 2.45) is 0 Å². The zero-order valence-corrected chi connectivity index (χ0v) is 14.4. The SMILES string of the molecule is C1=C2C(=CCC1)C1(c3ccccc3Oc3ccccc31)c1ccccc12. The summed E-state index contributed by atoms with van der Waals surface area (Å²) in [6.45, 7) is 0. The van der Waals surface area contributed by atoms with Gasteiger partial charge in [-0.05, 0) is 47.2 Å². The van der Waals surface area contributed by atoms with E-state index < -0.39 is 0 Å². The fourth-order valence-corrected chi connectivity index (χ4v) is 5.05. The van der Waals surface area contributed by atoms with Crippen LogP contribution in [-0.2, 0) is 5.41 Å². The predicted molar refractivity (Wildman–Crippen MR) is 105 cm³/mol. The van der Waals surface area contributed by atoms with Gasteiger partial charge < -0.3 is 4.74 Å². The Labute approximate surface area is 153 Å². The highest BCUT2D eigenvalue weighted by Crippen LogP contribution is 2.63. The number of rotatable bonds is 0. The molecule has 1 nitrogen and oxygen atoms in total. The minimum atomic E-state index is -0.270. The van der Waals surface area contributed by atoms with Crippen molar-refractivity contribution in [2.75, 3.05) is 0 Å². The van der Waals surface area contributed by atoms with Crippen LogP contribution in [0.25, 0.3) is 5.57 Å². The van der Waals surface area contributed by atoms with Crippen LogP contribution >= 0.6 is 0 Å². The second-order valence-electron chi connectivity index (χ2n) is 7.20. The van der Waals surface area contributed by atoms with E-state index in [4.69, 9.17) is 4.74 Å². The van der Waals surface area contributed by atoms with E-state index in [-0.39, 0.29) is 5.41 Å². The lowest BCUT2D eigenvalue weighted by Gasteiger charge is -2.40. The van der Waals surface area contributed by atoms with Gasteiger partial charge in [0.2, 0.25) is 0 Å². The topological polar surface area (TPSA) is 9.23 Å². The van der Waals surface area contributed by atoms with Gasteiger partial charge in [-0.15, -0.1) is 0 Å². The number of para-hydroxylation sites is 2. The average Bonchev–Trinajstić information content (AvgIpc) is 3.00. The third kappa shape index (κ3) is 1.56. The van der Waals surface area contributed by atoms with E-state index in [0.29, 0.717) is 0 Å². The Hall–Kier alpha value is -3.06. The van der Waals surface area contributed by atoms with E-state index >= 15 is 0 Å². The molecule has 0 bridgehead atoms. The third-order valence-electron chi connectivity index (χ3n) is 5.98. The van der Waals surface area contributed by atoms with Crippen molar-refractivity contribution < 1.29 is 4.74 Å². The van der Waals surface area contributed by atoms with Gasteiger partial charge in [-0.2, -0.15) is 0 Å². The number of fused-ring (bicyclic) bond motifs is 9. The lowest BCUT2D eigenvalue weighted by Crippen LogP contribution is -2.32. The van der Waals surface area contributed by atoms with Gasteiger partial charge in [0.15, 0.2) is 0 Å². The monoisotopic (exact) mass is 334 g/mol. The lowest BCUT2D eigenvalue weighted by atomic mass is 9.65. The predicted octanol–water partition coefficient (Wildman–Crippen LogP) is 6.24. The molecular formula is C25H18O. The summed E-state index contributed by atoms with van der Waals surface area (Å²) in [5, 5.41) is 0. The molecule has 3 aromatic carbocycles. The molecule has 0 atom stereocenters. The van der Waals surface area contributed by atoms with Gasteiger partial charge in [-0.1, -0.05) is 72.8 Å². The van der Waals surface area contributed by atoms with Gasteiger partial charge in [0.1, 0.15) is 11.5 Å². The smallest absolute Gasteiger partial charge is 0.132 e. The zero-order chi connectivity index (χ0) is 17.1. The highest BCUT2D eigenvalue weighted by molar-refractivity contribution is 5.96. The first-order valence-corrected chi connectivity index (χ1v) is 9.28. The van der Waals surface area contributed by atoms with Crippen LogP contribution in [0.1, 0.15) is 35.1 Å². The van der Waals surface area contributed by atoms with Gasteiger partial charge in [-0.25, -0.2) is 0 Å². The molecular weight excluding hydrogens is 316 g/mol. The van der Waals surface area contributed by atoms with Crippen molar-refractivity contribution in [1.29, 1.82) is 0 Å². The van der Waals surface area contributed by atoms with E-state index in [1.165, 1.54) is 33.4 Å². The van der Waals surface area contributed by atoms with Crippen molar-refractivity contribution in [3.05, 3.63) is 113 Å². The molecule has 26 heavy (non-hydrogen) atoms. The van der Waals surface area contributed by atoms with E-state index in [1.807, 2.05) is 0 Å². The van der Waals surface area contributed by atoms with Crippen LogP contribution in [0.2, 0.25) is 0 Å². The molecule has 0 fully saturated rings. The maximum absolute atomic E-state index is 6.31. The minimum absolute atomic E-state index is 0.270. The molecule has 0 amide bonds. The first kappa shape index (κ1) is 14.1. The van der Waals surface area contributed by atoms with E-state index in [9.17, 15) is 0 Å². The maximum atomic E-state index is 6.31. The molecule has 0 saturated heterocycles. The van der Waals surface area contributed by atoms with E-state index in [0.717, 1.165) is 24.3 Å². The molecule has 1 aliphatic heterocycles. The molecule has 0 saturated carbocycles. The molecule has 1 spiro atoms. The number of allylic oxidation sites excluding steroid dienone is 4. The molecule has 0 unspecified atom stereocenters. The first-order chi connectivity index (χ1) is 12.9. The summed E-state index contributed by atoms with van der Waals surface area (Å²) >= 11 is 0. The number of ether oxygens (including phenoxy) is 1. The molecule has 1 heterocycles. The Balaban J connectivity index is 1.83. The van der Waals surface area contributed by atoms with Gasteiger partial charge in [0, 0.05) is 11.1 Å². The summed E-state index contributed by atoms with van der Waals surface area (Å²) in [6, 6.07) is 26.0. The Morgan fingerprint density at radius 2 is 1.19 bits per heavy atom. The largest absolute Gasteiger partial charge is 0.457 e. The van der Waals surface area contributed by atoms with Gasteiger partial charge in [0.05, 0.1) is 5.41 Å². The highest BCUT2D eigenvalue weighted by Gasteiger charge is 2.52. The van der Waals surface area contributed by atoms with Crippen LogP contribution in [0.3, 0.4) is 0 Å². The Morgan fingerprint density at radius 3 is 1.92 bits per heavy atom. The second-order valence-corrected chi connectivity index (χ2v) is 7.20. The minimum Gasteiger partial charge on any atom is -0.457 e. The number of benzene rings is 3. The second kappa shape index (κ2) is 4.98. The quantitative estimate of drug-likeness (QED) is 0.472. The highest BCUT2D eigenvalue weighted by atomic mass is 16.5. The Kier molecular flexibility index (Phi) is 2.71. The molecule has 1 heteroatoms. The molecule has 124 valence electrons. The summed E-state index contributed by atoms with van der Waals surface area (Å²) in [5.74, 6) is 1.93. The summed E-state index contributed by atoms with van der Waals surface area (Å²) in [5.41, 5.74) is 7.80. The normalized spacial score (nSPS) is 18.0. The Morgan fingerprint density at radius 1 is 0.615 bits per heavy atom. The van der Waals surface area contributed by atoms with Gasteiger partial charge >= 0.3 is 0 Å². The average molecular weight is 334 g/mol. The number of hydrogen-bond donors (Lipinski definition) is 0. The standard InChI is InChI=1S/C25H18O/c1-3-11-19-17(9-1)18-10-2-4-12-20(18)25(19)21-13-5-7-15-23(21)26-24-16-8-6-14-22(24)25/h1,3,5-16H,2,4H2. The van der Waals surface area contributed by atoms with Crippen LogP contribution in [0.15, 0.2) is 90.5 Å². The van der Waals surface area contributed by atoms with Crippen molar-refractivity contribution in [3.8, 4) is 11.5 Å². The molecule has 0 N–H and O–H groups in total. The van der Waals surface area contributed by atoms with Gasteiger partial charge in [-0.3, -0.25) is 0 Å². The summed E-state index contributed by atoms with van der Waals surface area (Å²) in [7, 11) is 0. The fraction of sp³-hybridized carbons (Fsp3) is 0.120. The lowest BCUT2D eigenvalue weighted by molar-refractivity contribution is 0.436. The Bertz CT molecular complexity index is 1070. The summed E-state index contributed by atoms with van der Waals surface area (Å²) in [6.07, 6.45) is 7.08. The number of hydrogen-bond acceptors (Lipinski definition) is 1. The maximum Gasteiger partial charge on any atom is 0.132 e. The van der Waals surface area contributed by atoms with E-state index in [1.54, 1.807) is 0 Å². The molecule has 6 rings (SSSR count). The molecule has 0 aromatic heterocycles. The van der Waals surface area contributed by atoms with Crippen molar-refractivity contribution in [2.45, 2.75) is 18.3 Å². The summed E-state index contributed by atoms with van der Waals surface area (Å²) < 4.78 is 6.31. The zero-order valence-electron chi connectivity index (χ0n) is 14.4. The third-order valence-corrected chi connectivity index (χ3v) is 5.98. The van der Waals surface area contributed by atoms with Crippen LogP contribution in [0.4, 0.5) is 0 Å². The van der Waals surface area contributed by atoms with Crippen molar-refractivity contribution >= 4 is 5.57 Å². The van der Waals surface area contributed by atoms with Gasteiger partial charge in [0.25, 0.3) is 0 Å². The summed E-state index contributed by atoms with van der Waals surface area (Å²) in [4.78, 5) is 0. The first-order valence-electron chi connectivity index (χ1n) is 9.28. The van der Waals surface area contributed by atoms with Crippen LogP contribution in [-0.4, -0.2) is 0 Å².